The fourth-order valence-electron chi connectivity index (χ4n) is 1.41. The molecule has 0 bridgehead atoms. The normalized spacial score (nSPS) is 15.5. The molecular formula is C14H25ClF3N3O3S. The minimum absolute atomic E-state index is 0.171. The highest BCUT2D eigenvalue weighted by Gasteiger charge is 2.32. The summed E-state index contributed by atoms with van der Waals surface area (Å²) in [4.78, 5) is 15.0. The highest BCUT2D eigenvalue weighted by molar-refractivity contribution is 8.13. The summed E-state index contributed by atoms with van der Waals surface area (Å²) in [6, 6.07) is -1.11. The maximum absolute atomic E-state index is 12.3. The van der Waals surface area contributed by atoms with Crippen LogP contribution in [0.3, 0.4) is 0 Å². The molecule has 25 heavy (non-hydrogen) atoms. The molecule has 6 nitrogen and oxygen atoms in total. The van der Waals surface area contributed by atoms with Crippen molar-refractivity contribution in [3.05, 3.63) is 12.8 Å². The highest BCUT2D eigenvalue weighted by atomic mass is 35.5. The second-order valence-electron chi connectivity index (χ2n) is 4.83. The van der Waals surface area contributed by atoms with Crippen molar-refractivity contribution in [2.24, 2.45) is 10.7 Å². The van der Waals surface area contributed by atoms with Crippen molar-refractivity contribution in [3.8, 4) is 0 Å². The van der Waals surface area contributed by atoms with Crippen LogP contribution in [0.5, 0.6) is 0 Å². The number of nitrogens with one attached hydrogen (secondary N) is 1. The van der Waals surface area contributed by atoms with Crippen LogP contribution in [0.2, 0.25) is 0 Å². The van der Waals surface area contributed by atoms with Crippen molar-refractivity contribution >= 4 is 34.3 Å². The third-order valence-corrected chi connectivity index (χ3v) is 3.77. The molecule has 0 aromatic carbocycles. The van der Waals surface area contributed by atoms with Gasteiger partial charge in [0, 0.05) is 18.5 Å². The number of amides is 1. The largest absolute Gasteiger partial charge is 0.392 e. The number of rotatable bonds is 8. The van der Waals surface area contributed by atoms with Gasteiger partial charge in [-0.1, -0.05) is 6.58 Å². The van der Waals surface area contributed by atoms with Crippen molar-refractivity contribution in [1.82, 2.24) is 5.32 Å². The zero-order valence-electron chi connectivity index (χ0n) is 14.1. The Labute approximate surface area is 154 Å². The maximum atomic E-state index is 12.3. The Morgan fingerprint density at radius 2 is 2.00 bits per heavy atom. The van der Waals surface area contributed by atoms with Gasteiger partial charge in [0.15, 0.2) is 0 Å². The van der Waals surface area contributed by atoms with Crippen LogP contribution in [0.1, 0.15) is 19.8 Å². The number of alkyl halides is 4. The maximum Gasteiger partial charge on any atom is 0.389 e. The Balaban J connectivity index is 0. The fraction of sp³-hybridized carbons (Fsp3) is 0.714. The lowest BCUT2D eigenvalue weighted by molar-refractivity contribution is -0.139. The highest BCUT2D eigenvalue weighted by Crippen LogP contribution is 2.24. The average molecular weight is 408 g/mol. The number of aliphatic imine (C=N–C) groups is 1. The van der Waals surface area contributed by atoms with Gasteiger partial charge in [-0.25, -0.2) is 0 Å². The zero-order chi connectivity index (χ0) is 20.0. The Morgan fingerprint density at radius 3 is 2.32 bits per heavy atom. The summed E-state index contributed by atoms with van der Waals surface area (Å²) in [6.45, 7) is 4.63. The lowest BCUT2D eigenvalue weighted by Crippen LogP contribution is -2.48. The van der Waals surface area contributed by atoms with Gasteiger partial charge in [-0.3, -0.25) is 9.79 Å². The molecule has 3 unspecified atom stereocenters. The van der Waals surface area contributed by atoms with E-state index in [9.17, 15) is 23.1 Å². The number of hydrogen-bond donors (Lipinski definition) is 4. The molecule has 0 fully saturated rings. The van der Waals surface area contributed by atoms with E-state index >= 15 is 0 Å². The molecule has 0 aliphatic heterocycles. The summed E-state index contributed by atoms with van der Waals surface area (Å²) in [7, 11) is 0. The van der Waals surface area contributed by atoms with Gasteiger partial charge in [-0.15, -0.1) is 23.4 Å². The second-order valence-corrected chi connectivity index (χ2v) is 5.97. The molecular weight excluding hydrogens is 383 g/mol. The quantitative estimate of drug-likeness (QED) is 0.278. The molecule has 0 heterocycles. The van der Waals surface area contributed by atoms with E-state index in [0.29, 0.717) is 5.88 Å². The van der Waals surface area contributed by atoms with Crippen molar-refractivity contribution in [2.75, 3.05) is 18.7 Å². The van der Waals surface area contributed by atoms with E-state index in [0.717, 1.165) is 11.8 Å². The van der Waals surface area contributed by atoms with Crippen LogP contribution < -0.4 is 11.1 Å². The molecule has 0 radical (unpaired) electrons. The molecule has 0 saturated carbocycles. The van der Waals surface area contributed by atoms with Crippen molar-refractivity contribution in [2.45, 2.75) is 44.2 Å². The van der Waals surface area contributed by atoms with Gasteiger partial charge in [0.05, 0.1) is 18.7 Å². The Kier molecular flexibility index (Phi) is 15.2. The zero-order valence-corrected chi connectivity index (χ0v) is 15.7. The van der Waals surface area contributed by atoms with Crippen molar-refractivity contribution < 1.29 is 28.2 Å². The first-order chi connectivity index (χ1) is 11.5. The summed E-state index contributed by atoms with van der Waals surface area (Å²) in [5.74, 6) is -0.310. The average Bonchev–Trinajstić information content (AvgIpc) is 2.55. The fourth-order valence-corrected chi connectivity index (χ4v) is 1.99. The van der Waals surface area contributed by atoms with Crippen LogP contribution in [-0.4, -0.2) is 64.3 Å². The summed E-state index contributed by atoms with van der Waals surface area (Å²) >= 11 is 6.15. The molecule has 0 spiro atoms. The van der Waals surface area contributed by atoms with Crippen molar-refractivity contribution in [3.63, 3.8) is 0 Å². The Morgan fingerprint density at radius 1 is 1.48 bits per heavy atom. The number of halogens is 4. The first kappa shape index (κ1) is 26.4. The van der Waals surface area contributed by atoms with Crippen molar-refractivity contribution in [1.29, 1.82) is 0 Å². The molecule has 148 valence electrons. The van der Waals surface area contributed by atoms with Gasteiger partial charge in [-0.05, 0) is 19.6 Å². The standard InChI is InChI=1S/C11H18F3N3O2S.C3H7ClO/c1-3-16-10(20-2)9(19)7(17-8(18)6-15)4-5-11(12,13)14;1-3(5)2-4/h3,7,9,19H,1,4-6,15H2,2H3,(H,17,18);3,5H,2H2,1H3. The second kappa shape index (κ2) is 14.4. The molecule has 11 heteroatoms. The minimum atomic E-state index is -4.37. The number of carbonyl (C=O) groups is 1. The minimum Gasteiger partial charge on any atom is -0.392 e. The molecule has 0 aromatic heterocycles. The molecule has 5 N–H and O–H groups in total. The smallest absolute Gasteiger partial charge is 0.389 e. The number of hydrogen-bond acceptors (Lipinski definition) is 6. The van der Waals surface area contributed by atoms with E-state index in [4.69, 9.17) is 22.4 Å². The summed E-state index contributed by atoms with van der Waals surface area (Å²) in [5, 5.41) is 20.7. The lowest BCUT2D eigenvalue weighted by Gasteiger charge is -2.24. The predicted octanol–water partition coefficient (Wildman–Crippen LogP) is 1.64. The SMILES string of the molecule is C=CN=C(SC)C(O)C(CCC(F)(F)F)NC(=O)CN.CC(O)CCl. The van der Waals surface area contributed by atoms with Gasteiger partial charge < -0.3 is 21.3 Å². The van der Waals surface area contributed by atoms with Gasteiger partial charge in [0.1, 0.15) is 11.1 Å². The van der Waals surface area contributed by atoms with Crippen LogP contribution in [0.15, 0.2) is 17.8 Å². The number of aliphatic hydroxyl groups is 2. The third-order valence-electron chi connectivity index (χ3n) is 2.56. The molecule has 0 aromatic rings. The topological polar surface area (TPSA) is 108 Å². The van der Waals surface area contributed by atoms with E-state index in [1.807, 2.05) is 0 Å². The van der Waals surface area contributed by atoms with E-state index in [-0.39, 0.29) is 17.7 Å². The molecule has 0 aliphatic rings. The van der Waals surface area contributed by atoms with E-state index in [1.165, 1.54) is 6.20 Å². The van der Waals surface area contributed by atoms with E-state index in [2.05, 4.69) is 16.9 Å². The van der Waals surface area contributed by atoms with Crippen LogP contribution >= 0.6 is 23.4 Å². The molecule has 0 rings (SSSR count). The van der Waals surface area contributed by atoms with Gasteiger partial charge in [0.2, 0.25) is 5.91 Å². The van der Waals surface area contributed by atoms with Gasteiger partial charge in [-0.2, -0.15) is 13.2 Å². The molecule has 3 atom stereocenters. The lowest BCUT2D eigenvalue weighted by atomic mass is 10.1. The number of nitrogens with zero attached hydrogens (tertiary/aromatic N) is 1. The first-order valence-corrected chi connectivity index (χ1v) is 8.99. The molecule has 1 amide bonds. The number of thioether (sulfide) groups is 1. The number of nitrogens with two attached hydrogens (primary N) is 1. The van der Waals surface area contributed by atoms with Crippen LogP contribution in [-0.2, 0) is 4.79 Å². The monoisotopic (exact) mass is 407 g/mol. The summed E-state index contributed by atoms with van der Waals surface area (Å²) in [6.07, 6.45) is -4.89. The van der Waals surface area contributed by atoms with Crippen LogP contribution in [0.4, 0.5) is 13.2 Å². The predicted molar refractivity (Wildman–Crippen MR) is 95.8 cm³/mol. The first-order valence-electron chi connectivity index (χ1n) is 7.23. The third kappa shape index (κ3) is 15.2. The van der Waals surface area contributed by atoms with Gasteiger partial charge in [0.25, 0.3) is 0 Å². The Bertz CT molecular complexity index is 424. The summed E-state index contributed by atoms with van der Waals surface area (Å²) in [5.41, 5.74) is 5.10. The Hall–Kier alpha value is -0.810. The van der Waals surface area contributed by atoms with Gasteiger partial charge >= 0.3 is 6.18 Å². The number of carbonyl (C=O) groups excluding carboxylic acids is 1. The van der Waals surface area contributed by atoms with E-state index in [1.54, 1.807) is 13.2 Å². The van der Waals surface area contributed by atoms with Crippen LogP contribution in [0.25, 0.3) is 0 Å². The molecule has 0 aliphatic carbocycles. The van der Waals surface area contributed by atoms with E-state index < -0.39 is 37.1 Å². The summed E-state index contributed by atoms with van der Waals surface area (Å²) < 4.78 is 36.8. The van der Waals surface area contributed by atoms with Crippen LogP contribution in [0, 0.1) is 0 Å². The molecule has 0 saturated heterocycles. The number of aliphatic hydroxyl groups excluding tert-OH is 2.